The Bertz CT molecular complexity index is 4580. The van der Waals surface area contributed by atoms with Gasteiger partial charge >= 0.3 is 0 Å². The van der Waals surface area contributed by atoms with Gasteiger partial charge in [0.05, 0.1) is 39.0 Å². The van der Waals surface area contributed by atoms with Gasteiger partial charge in [-0.15, -0.1) is 0 Å². The molecule has 0 atom stereocenters. The lowest BCUT2D eigenvalue weighted by Gasteiger charge is -2.14. The zero-order valence-electron chi connectivity index (χ0n) is 36.7. The Kier molecular flexibility index (Phi) is 7.75. The van der Waals surface area contributed by atoms with Crippen molar-refractivity contribution in [2.24, 2.45) is 0 Å². The third-order valence-electron chi connectivity index (χ3n) is 14.4. The summed E-state index contributed by atoms with van der Waals surface area (Å²) >= 11 is 0. The average Bonchev–Trinajstić information content (AvgIpc) is 3.92. The fourth-order valence-corrected chi connectivity index (χ4v) is 11.4. The minimum atomic E-state index is 0.697. The number of hydrogen-bond donors (Lipinski definition) is 0. The molecule has 0 saturated carbocycles. The van der Waals surface area contributed by atoms with Crippen LogP contribution in [0.3, 0.4) is 0 Å². The number of nitrogens with zero attached hydrogens (tertiary/aromatic N) is 4. The SMILES string of the molecule is c1ccc2cc3c(cc2c1)c1c(-n2c4ccccc4c4ccc5ccccc5c42)cccc1n3-c1ccc(-c2nc(-c3ccc4c5ccccc5c5ccccc5c4c3)c3ccccc3n2)cc1. The van der Waals surface area contributed by atoms with Crippen molar-refractivity contribution in [1.82, 2.24) is 19.1 Å². The second-order valence-electron chi connectivity index (χ2n) is 18.1. The van der Waals surface area contributed by atoms with Crippen LogP contribution in [0.1, 0.15) is 0 Å². The summed E-state index contributed by atoms with van der Waals surface area (Å²) in [5.74, 6) is 0.697. The first-order chi connectivity index (χ1) is 33.7. The molecule has 0 amide bonds. The van der Waals surface area contributed by atoms with E-state index in [4.69, 9.17) is 9.97 Å². The van der Waals surface area contributed by atoms with Gasteiger partial charge in [-0.1, -0.05) is 164 Å². The standard InChI is InChI=1S/C64H38N4/c1-2-16-42-38-60-55(36-41(42)15-1)61-58(26-13-27-59(61)68-57-25-12-10-22-51(57)52-35-30-39-14-3-4-17-45(39)63(52)68)67(60)44-32-28-40(29-33-44)64-65-56-24-11-9-23-53(56)62(66-64)43-31-34-50-48-20-6-5-18-46(48)47-19-7-8-21-49(47)54(50)37-43/h1-38H. The van der Waals surface area contributed by atoms with Crippen molar-refractivity contribution < 1.29 is 0 Å². The Morgan fingerprint density at radius 3 is 1.63 bits per heavy atom. The quantitative estimate of drug-likeness (QED) is 0.165. The van der Waals surface area contributed by atoms with Gasteiger partial charge in [0.2, 0.25) is 0 Å². The van der Waals surface area contributed by atoms with Gasteiger partial charge in [0, 0.05) is 49.1 Å². The molecule has 12 aromatic carbocycles. The number of benzene rings is 12. The molecule has 4 heteroatoms. The number of rotatable bonds is 4. The Morgan fingerprint density at radius 1 is 0.294 bits per heavy atom. The molecule has 314 valence electrons. The highest BCUT2D eigenvalue weighted by atomic mass is 15.0. The Balaban J connectivity index is 0.930. The largest absolute Gasteiger partial charge is 0.309 e. The van der Waals surface area contributed by atoms with Gasteiger partial charge in [0.1, 0.15) is 0 Å². The van der Waals surface area contributed by atoms with E-state index in [1.165, 1.54) is 86.4 Å². The maximum absolute atomic E-state index is 5.41. The van der Waals surface area contributed by atoms with Gasteiger partial charge < -0.3 is 9.13 Å². The summed E-state index contributed by atoms with van der Waals surface area (Å²) in [6, 6.07) is 83.9. The lowest BCUT2D eigenvalue weighted by Crippen LogP contribution is -1.98. The summed E-state index contributed by atoms with van der Waals surface area (Å²) in [5.41, 5.74) is 10.8. The minimum Gasteiger partial charge on any atom is -0.309 e. The predicted molar refractivity (Wildman–Crippen MR) is 287 cm³/mol. The van der Waals surface area contributed by atoms with E-state index in [0.717, 1.165) is 50.1 Å². The van der Waals surface area contributed by atoms with Crippen LogP contribution in [0.15, 0.2) is 231 Å². The van der Waals surface area contributed by atoms with E-state index in [2.05, 4.69) is 240 Å². The summed E-state index contributed by atoms with van der Waals surface area (Å²) in [6.45, 7) is 0. The molecular formula is C64H38N4. The highest BCUT2D eigenvalue weighted by molar-refractivity contribution is 6.26. The summed E-state index contributed by atoms with van der Waals surface area (Å²) in [4.78, 5) is 10.6. The predicted octanol–water partition coefficient (Wildman–Crippen LogP) is 16.9. The molecule has 3 aromatic heterocycles. The molecule has 4 nitrogen and oxygen atoms in total. The van der Waals surface area contributed by atoms with E-state index in [1.54, 1.807) is 0 Å². The van der Waals surface area contributed by atoms with E-state index in [-0.39, 0.29) is 0 Å². The van der Waals surface area contributed by atoms with E-state index < -0.39 is 0 Å². The van der Waals surface area contributed by atoms with Crippen molar-refractivity contribution in [2.45, 2.75) is 0 Å². The molecule has 0 fully saturated rings. The van der Waals surface area contributed by atoms with Crippen LogP contribution in [-0.4, -0.2) is 19.1 Å². The van der Waals surface area contributed by atoms with Crippen LogP contribution in [0.5, 0.6) is 0 Å². The monoisotopic (exact) mass is 862 g/mol. The fourth-order valence-electron chi connectivity index (χ4n) is 11.4. The van der Waals surface area contributed by atoms with Crippen LogP contribution < -0.4 is 0 Å². The first-order valence-electron chi connectivity index (χ1n) is 23.3. The first-order valence-corrected chi connectivity index (χ1v) is 23.3. The second kappa shape index (κ2) is 14.2. The number of para-hydroxylation sites is 2. The molecule has 15 rings (SSSR count). The minimum absolute atomic E-state index is 0.697. The van der Waals surface area contributed by atoms with Crippen LogP contribution in [-0.2, 0) is 0 Å². The smallest absolute Gasteiger partial charge is 0.160 e. The molecule has 68 heavy (non-hydrogen) atoms. The molecular weight excluding hydrogens is 825 g/mol. The zero-order valence-corrected chi connectivity index (χ0v) is 36.7. The van der Waals surface area contributed by atoms with Gasteiger partial charge in [-0.2, -0.15) is 0 Å². The first kappa shape index (κ1) is 37.1. The van der Waals surface area contributed by atoms with Crippen molar-refractivity contribution >= 4 is 108 Å². The zero-order chi connectivity index (χ0) is 44.5. The normalized spacial score (nSPS) is 12.1. The molecule has 3 heterocycles. The lowest BCUT2D eigenvalue weighted by atomic mass is 9.92. The molecule has 15 aromatic rings. The summed E-state index contributed by atoms with van der Waals surface area (Å²) in [5, 5.41) is 18.3. The molecule has 0 bridgehead atoms. The molecule has 0 saturated heterocycles. The van der Waals surface area contributed by atoms with Gasteiger partial charge in [0.15, 0.2) is 5.82 Å². The van der Waals surface area contributed by atoms with Crippen molar-refractivity contribution in [1.29, 1.82) is 0 Å². The van der Waals surface area contributed by atoms with Gasteiger partial charge in [-0.25, -0.2) is 9.97 Å². The lowest BCUT2D eigenvalue weighted by molar-refractivity contribution is 1.17. The van der Waals surface area contributed by atoms with Crippen molar-refractivity contribution in [3.8, 4) is 34.0 Å². The van der Waals surface area contributed by atoms with Crippen LogP contribution in [0.2, 0.25) is 0 Å². The van der Waals surface area contributed by atoms with Crippen molar-refractivity contribution in [3.63, 3.8) is 0 Å². The van der Waals surface area contributed by atoms with Gasteiger partial charge in [0.25, 0.3) is 0 Å². The number of hydrogen-bond acceptors (Lipinski definition) is 2. The van der Waals surface area contributed by atoms with Crippen LogP contribution in [0, 0.1) is 0 Å². The third-order valence-corrected chi connectivity index (χ3v) is 14.4. The number of fused-ring (bicyclic) bond motifs is 16. The molecule has 0 aliphatic carbocycles. The highest BCUT2D eigenvalue weighted by Crippen LogP contribution is 2.44. The topological polar surface area (TPSA) is 35.6 Å². The molecule has 0 N–H and O–H groups in total. The highest BCUT2D eigenvalue weighted by Gasteiger charge is 2.22. The van der Waals surface area contributed by atoms with E-state index in [9.17, 15) is 0 Å². The Morgan fingerprint density at radius 2 is 0.868 bits per heavy atom. The van der Waals surface area contributed by atoms with E-state index in [0.29, 0.717) is 5.82 Å². The van der Waals surface area contributed by atoms with E-state index >= 15 is 0 Å². The van der Waals surface area contributed by atoms with Crippen LogP contribution in [0.25, 0.3) is 142 Å². The Hall–Kier alpha value is -9.12. The Labute approximate surface area is 390 Å². The summed E-state index contributed by atoms with van der Waals surface area (Å²) in [6.07, 6.45) is 0. The van der Waals surface area contributed by atoms with Gasteiger partial charge in [-0.05, 0) is 115 Å². The third kappa shape index (κ3) is 5.31. The average molecular weight is 863 g/mol. The molecule has 0 radical (unpaired) electrons. The van der Waals surface area contributed by atoms with Crippen LogP contribution in [0.4, 0.5) is 0 Å². The van der Waals surface area contributed by atoms with Crippen molar-refractivity contribution in [2.75, 3.05) is 0 Å². The molecule has 0 unspecified atom stereocenters. The van der Waals surface area contributed by atoms with E-state index in [1.807, 2.05) is 0 Å². The fraction of sp³-hybridized carbons (Fsp3) is 0. The maximum atomic E-state index is 5.41. The molecule has 0 spiro atoms. The molecule has 0 aliphatic heterocycles. The summed E-state index contributed by atoms with van der Waals surface area (Å²) in [7, 11) is 0. The van der Waals surface area contributed by atoms with Gasteiger partial charge in [-0.3, -0.25) is 0 Å². The summed E-state index contributed by atoms with van der Waals surface area (Å²) < 4.78 is 4.94. The van der Waals surface area contributed by atoms with Crippen molar-refractivity contribution in [3.05, 3.63) is 231 Å². The number of aromatic nitrogens is 4. The maximum Gasteiger partial charge on any atom is 0.160 e. The second-order valence-corrected chi connectivity index (χ2v) is 18.1. The molecule has 0 aliphatic rings. The van der Waals surface area contributed by atoms with Crippen LogP contribution >= 0.6 is 0 Å².